The fourth-order valence-electron chi connectivity index (χ4n) is 3.88. The minimum atomic E-state index is 0.902. The van der Waals surface area contributed by atoms with E-state index < -0.39 is 0 Å². The molecule has 0 saturated heterocycles. The molecule has 1 heteroatoms. The first kappa shape index (κ1) is 9.21. The number of hydrogen-bond donors (Lipinski definition) is 1. The molecule has 0 amide bonds. The highest BCUT2D eigenvalue weighted by Crippen LogP contribution is 2.48. The summed E-state index contributed by atoms with van der Waals surface area (Å²) in [6, 6.07) is 0.902. The van der Waals surface area contributed by atoms with Gasteiger partial charge in [-0.15, -0.1) is 0 Å². The molecular formula is C13H23N. The SMILES string of the molecule is CCC1CC1NCC1CC2CCC1C2. The molecule has 0 aromatic rings. The van der Waals surface area contributed by atoms with Crippen molar-refractivity contribution in [1.29, 1.82) is 0 Å². The van der Waals surface area contributed by atoms with Crippen molar-refractivity contribution in [3.63, 3.8) is 0 Å². The van der Waals surface area contributed by atoms with Crippen LogP contribution in [-0.4, -0.2) is 12.6 Å². The molecule has 3 rings (SSSR count). The lowest BCUT2D eigenvalue weighted by molar-refractivity contribution is 0.316. The van der Waals surface area contributed by atoms with E-state index >= 15 is 0 Å². The molecule has 3 aliphatic rings. The van der Waals surface area contributed by atoms with Gasteiger partial charge in [0, 0.05) is 6.04 Å². The Hall–Kier alpha value is -0.0400. The van der Waals surface area contributed by atoms with Crippen molar-refractivity contribution in [2.75, 3.05) is 6.54 Å². The first-order valence-corrected chi connectivity index (χ1v) is 6.60. The third-order valence-electron chi connectivity index (χ3n) is 4.97. The zero-order valence-electron chi connectivity index (χ0n) is 9.34. The molecule has 3 saturated carbocycles. The Morgan fingerprint density at radius 2 is 2.00 bits per heavy atom. The lowest BCUT2D eigenvalue weighted by atomic mass is 9.89. The van der Waals surface area contributed by atoms with Crippen molar-refractivity contribution in [3.8, 4) is 0 Å². The Labute approximate surface area is 87.7 Å². The van der Waals surface area contributed by atoms with Crippen molar-refractivity contribution in [2.24, 2.45) is 23.7 Å². The summed E-state index contributed by atoms with van der Waals surface area (Å²) in [5.41, 5.74) is 0. The molecule has 14 heavy (non-hydrogen) atoms. The Morgan fingerprint density at radius 1 is 1.07 bits per heavy atom. The predicted molar refractivity (Wildman–Crippen MR) is 59.1 cm³/mol. The number of rotatable bonds is 4. The molecule has 5 atom stereocenters. The van der Waals surface area contributed by atoms with Gasteiger partial charge in [0.25, 0.3) is 0 Å². The van der Waals surface area contributed by atoms with Crippen LogP contribution in [0.5, 0.6) is 0 Å². The third-order valence-corrected chi connectivity index (χ3v) is 4.97. The Bertz CT molecular complexity index is 213. The monoisotopic (exact) mass is 193 g/mol. The van der Waals surface area contributed by atoms with Gasteiger partial charge in [0.05, 0.1) is 0 Å². The molecule has 0 aromatic heterocycles. The topological polar surface area (TPSA) is 12.0 Å². The van der Waals surface area contributed by atoms with Gasteiger partial charge >= 0.3 is 0 Å². The van der Waals surface area contributed by atoms with E-state index in [1.807, 2.05) is 0 Å². The van der Waals surface area contributed by atoms with Crippen LogP contribution in [0.15, 0.2) is 0 Å². The minimum Gasteiger partial charge on any atom is -0.313 e. The molecule has 80 valence electrons. The molecule has 0 spiro atoms. The second kappa shape index (κ2) is 3.52. The van der Waals surface area contributed by atoms with Gasteiger partial charge in [0.1, 0.15) is 0 Å². The lowest BCUT2D eigenvalue weighted by Gasteiger charge is -2.21. The van der Waals surface area contributed by atoms with Gasteiger partial charge in [-0.1, -0.05) is 19.8 Å². The second-order valence-corrected chi connectivity index (χ2v) is 5.85. The Kier molecular flexibility index (Phi) is 2.31. The highest BCUT2D eigenvalue weighted by molar-refractivity contribution is 4.95. The third kappa shape index (κ3) is 1.60. The highest BCUT2D eigenvalue weighted by atomic mass is 15.0. The number of hydrogen-bond acceptors (Lipinski definition) is 1. The molecule has 0 radical (unpaired) electrons. The summed E-state index contributed by atoms with van der Waals surface area (Å²) in [5, 5.41) is 3.78. The van der Waals surface area contributed by atoms with Crippen LogP contribution in [0, 0.1) is 23.7 Å². The lowest BCUT2D eigenvalue weighted by Crippen LogP contribution is -2.28. The maximum absolute atomic E-state index is 3.78. The molecule has 3 fully saturated rings. The van der Waals surface area contributed by atoms with Crippen molar-refractivity contribution < 1.29 is 0 Å². The summed E-state index contributed by atoms with van der Waals surface area (Å²) in [5.74, 6) is 4.29. The van der Waals surface area contributed by atoms with Crippen LogP contribution in [0.1, 0.15) is 45.4 Å². The van der Waals surface area contributed by atoms with E-state index in [1.165, 1.54) is 19.4 Å². The maximum atomic E-state index is 3.78. The van der Waals surface area contributed by atoms with Crippen LogP contribution in [-0.2, 0) is 0 Å². The van der Waals surface area contributed by atoms with E-state index in [2.05, 4.69) is 12.2 Å². The quantitative estimate of drug-likeness (QED) is 0.724. The van der Waals surface area contributed by atoms with Crippen molar-refractivity contribution >= 4 is 0 Å². The minimum absolute atomic E-state index is 0.902. The van der Waals surface area contributed by atoms with E-state index in [1.54, 1.807) is 25.7 Å². The summed E-state index contributed by atoms with van der Waals surface area (Å²) < 4.78 is 0. The number of nitrogens with one attached hydrogen (secondary N) is 1. The van der Waals surface area contributed by atoms with E-state index in [4.69, 9.17) is 0 Å². The summed E-state index contributed by atoms with van der Waals surface area (Å²) in [7, 11) is 0. The molecule has 0 heterocycles. The molecule has 5 unspecified atom stereocenters. The van der Waals surface area contributed by atoms with E-state index in [9.17, 15) is 0 Å². The average Bonchev–Trinajstić information content (AvgIpc) is 2.64. The van der Waals surface area contributed by atoms with Crippen LogP contribution < -0.4 is 5.32 Å². The second-order valence-electron chi connectivity index (χ2n) is 5.85. The van der Waals surface area contributed by atoms with Crippen LogP contribution in [0.25, 0.3) is 0 Å². The van der Waals surface area contributed by atoms with Gasteiger partial charge in [-0.2, -0.15) is 0 Å². The van der Waals surface area contributed by atoms with Crippen LogP contribution >= 0.6 is 0 Å². The smallest absolute Gasteiger partial charge is 0.00991 e. The van der Waals surface area contributed by atoms with Crippen LogP contribution in [0.3, 0.4) is 0 Å². The Balaban J connectivity index is 1.42. The number of fused-ring (bicyclic) bond motifs is 2. The molecular weight excluding hydrogens is 170 g/mol. The summed E-state index contributed by atoms with van der Waals surface area (Å²) in [4.78, 5) is 0. The van der Waals surface area contributed by atoms with Gasteiger partial charge in [-0.3, -0.25) is 0 Å². The molecule has 3 aliphatic carbocycles. The molecule has 1 nitrogen and oxygen atoms in total. The molecule has 0 aromatic carbocycles. The average molecular weight is 193 g/mol. The zero-order valence-corrected chi connectivity index (χ0v) is 9.34. The standard InChI is InChI=1S/C13H23N/c1-2-10-7-13(10)14-8-12-6-9-3-4-11(12)5-9/h9-14H,2-8H2,1H3. The fraction of sp³-hybridized carbons (Fsp3) is 1.00. The van der Waals surface area contributed by atoms with E-state index in [0.29, 0.717) is 0 Å². The molecule has 1 N–H and O–H groups in total. The normalized spacial score (nSPS) is 49.9. The van der Waals surface area contributed by atoms with Crippen molar-refractivity contribution in [2.45, 2.75) is 51.5 Å². The van der Waals surface area contributed by atoms with Gasteiger partial charge < -0.3 is 5.32 Å². The molecule has 2 bridgehead atoms. The van der Waals surface area contributed by atoms with Gasteiger partial charge in [-0.05, 0) is 55.9 Å². The van der Waals surface area contributed by atoms with Crippen LogP contribution in [0.4, 0.5) is 0 Å². The van der Waals surface area contributed by atoms with Crippen LogP contribution in [0.2, 0.25) is 0 Å². The van der Waals surface area contributed by atoms with Crippen molar-refractivity contribution in [1.82, 2.24) is 5.32 Å². The fourth-order valence-corrected chi connectivity index (χ4v) is 3.88. The Morgan fingerprint density at radius 3 is 2.57 bits per heavy atom. The summed E-state index contributed by atoms with van der Waals surface area (Å²) in [6.07, 6.45) is 9.03. The highest BCUT2D eigenvalue weighted by Gasteiger charge is 2.41. The summed E-state index contributed by atoms with van der Waals surface area (Å²) >= 11 is 0. The van der Waals surface area contributed by atoms with Gasteiger partial charge in [0.15, 0.2) is 0 Å². The van der Waals surface area contributed by atoms with Crippen molar-refractivity contribution in [3.05, 3.63) is 0 Å². The first-order chi connectivity index (χ1) is 6.86. The maximum Gasteiger partial charge on any atom is 0.00991 e. The predicted octanol–water partition coefficient (Wildman–Crippen LogP) is 2.81. The molecule has 0 aliphatic heterocycles. The van der Waals surface area contributed by atoms with E-state index in [-0.39, 0.29) is 0 Å². The summed E-state index contributed by atoms with van der Waals surface area (Å²) in [6.45, 7) is 3.66. The largest absolute Gasteiger partial charge is 0.313 e. The van der Waals surface area contributed by atoms with Gasteiger partial charge in [-0.25, -0.2) is 0 Å². The first-order valence-electron chi connectivity index (χ1n) is 6.60. The van der Waals surface area contributed by atoms with E-state index in [0.717, 1.165) is 29.7 Å². The van der Waals surface area contributed by atoms with Gasteiger partial charge in [0.2, 0.25) is 0 Å². The zero-order chi connectivity index (χ0) is 9.54.